The lowest BCUT2D eigenvalue weighted by Crippen LogP contribution is -2.40. The molecule has 0 atom stereocenters. The monoisotopic (exact) mass is 346 g/mol. The highest BCUT2D eigenvalue weighted by molar-refractivity contribution is 7.91. The van der Waals surface area contributed by atoms with Gasteiger partial charge in [0.05, 0.1) is 10.6 Å². The van der Waals surface area contributed by atoms with Gasteiger partial charge in [-0.3, -0.25) is 4.21 Å². The Morgan fingerprint density at radius 3 is 2.62 bits per heavy atom. The van der Waals surface area contributed by atoms with Crippen LogP contribution < -0.4 is 5.73 Å². The summed E-state index contributed by atoms with van der Waals surface area (Å²) in [6.07, 6.45) is 0. The molecule has 0 bridgehead atoms. The molecule has 1 fully saturated rings. The highest BCUT2D eigenvalue weighted by atomic mass is 32.2. The van der Waals surface area contributed by atoms with E-state index in [1.54, 1.807) is 18.2 Å². The smallest absolute Gasteiger partial charge is 0.179 e. The maximum absolute atomic E-state index is 12.3. The van der Waals surface area contributed by atoms with Crippen molar-refractivity contribution in [1.82, 2.24) is 4.90 Å². The first-order valence-electron chi connectivity index (χ1n) is 6.58. The zero-order chi connectivity index (χ0) is 15.5. The maximum Gasteiger partial charge on any atom is 0.179 e. The molecule has 0 unspecified atom stereocenters. The predicted molar refractivity (Wildman–Crippen MR) is 88.7 cm³/mol. The molecule has 2 N–H and O–H groups in total. The Bertz CT molecular complexity index is 648. The van der Waals surface area contributed by atoms with Crippen molar-refractivity contribution in [2.24, 2.45) is 5.73 Å². The molecular weight excluding hydrogens is 328 g/mol. The second-order valence-electron chi connectivity index (χ2n) is 4.90. The van der Waals surface area contributed by atoms with E-state index in [0.29, 0.717) is 36.7 Å². The quantitative estimate of drug-likeness (QED) is 0.765. The van der Waals surface area contributed by atoms with Crippen LogP contribution >= 0.6 is 12.2 Å². The largest absolute Gasteiger partial charge is 0.389 e. The van der Waals surface area contributed by atoms with Crippen molar-refractivity contribution >= 4 is 37.8 Å². The molecule has 0 spiro atoms. The second kappa shape index (κ2) is 6.95. The molecule has 2 rings (SSSR count). The van der Waals surface area contributed by atoms with Crippen LogP contribution in [0.4, 0.5) is 0 Å². The summed E-state index contributed by atoms with van der Waals surface area (Å²) in [4.78, 5) is 2.47. The molecule has 0 aromatic heterocycles. The van der Waals surface area contributed by atoms with Gasteiger partial charge in [0, 0.05) is 47.5 Å². The molecule has 0 saturated carbocycles. The van der Waals surface area contributed by atoms with Crippen LogP contribution in [-0.2, 0) is 20.6 Å². The average molecular weight is 346 g/mol. The van der Waals surface area contributed by atoms with Gasteiger partial charge in [0.2, 0.25) is 0 Å². The molecule has 0 amide bonds. The number of sulfone groups is 1. The zero-order valence-corrected chi connectivity index (χ0v) is 14.0. The van der Waals surface area contributed by atoms with Gasteiger partial charge in [-0.05, 0) is 12.1 Å². The van der Waals surface area contributed by atoms with Gasteiger partial charge in [0.15, 0.2) is 9.84 Å². The lowest BCUT2D eigenvalue weighted by molar-refractivity contribution is 0.317. The third kappa shape index (κ3) is 4.57. The van der Waals surface area contributed by atoms with Gasteiger partial charge in [-0.25, -0.2) is 8.42 Å². The number of hydrogen-bond donors (Lipinski definition) is 1. The van der Waals surface area contributed by atoms with Crippen LogP contribution in [0, 0.1) is 0 Å². The number of benzene rings is 1. The summed E-state index contributed by atoms with van der Waals surface area (Å²) < 4.78 is 36.0. The third-order valence-corrected chi connectivity index (χ3v) is 6.63. The Hall–Kier alpha value is -0.830. The van der Waals surface area contributed by atoms with Gasteiger partial charge in [-0.1, -0.05) is 24.4 Å². The molecule has 1 saturated heterocycles. The van der Waals surface area contributed by atoms with E-state index in [1.807, 2.05) is 4.90 Å². The minimum absolute atomic E-state index is 0.0421. The van der Waals surface area contributed by atoms with Gasteiger partial charge in [0.25, 0.3) is 0 Å². The van der Waals surface area contributed by atoms with E-state index in [4.69, 9.17) is 18.0 Å². The summed E-state index contributed by atoms with van der Waals surface area (Å²) in [5, 5.41) is 0. The number of rotatable bonds is 5. The van der Waals surface area contributed by atoms with E-state index >= 15 is 0 Å². The van der Waals surface area contributed by atoms with Gasteiger partial charge in [0.1, 0.15) is 4.99 Å². The molecular formula is C13H18N2O3S3. The van der Waals surface area contributed by atoms with Crippen molar-refractivity contribution in [1.29, 1.82) is 0 Å². The zero-order valence-electron chi connectivity index (χ0n) is 11.5. The van der Waals surface area contributed by atoms with Crippen LogP contribution in [0.15, 0.2) is 29.2 Å². The van der Waals surface area contributed by atoms with Crippen LogP contribution in [0.3, 0.4) is 0 Å². The number of thiocarbonyl (C=S) groups is 1. The molecule has 1 aliphatic heterocycles. The fraction of sp³-hybridized carbons (Fsp3) is 0.462. The predicted octanol–water partition coefficient (Wildman–Crippen LogP) is 0.159. The Labute approximate surface area is 132 Å². The average Bonchev–Trinajstić information content (AvgIpc) is 2.47. The van der Waals surface area contributed by atoms with Crippen molar-refractivity contribution in [2.45, 2.75) is 4.90 Å². The molecule has 8 heteroatoms. The molecule has 21 heavy (non-hydrogen) atoms. The van der Waals surface area contributed by atoms with Crippen LogP contribution in [0.5, 0.6) is 0 Å². The molecule has 116 valence electrons. The number of nitrogens with zero attached hydrogens (tertiary/aromatic N) is 1. The Morgan fingerprint density at radius 2 is 2.00 bits per heavy atom. The molecule has 0 radical (unpaired) electrons. The van der Waals surface area contributed by atoms with Crippen molar-refractivity contribution in [2.75, 3.05) is 36.9 Å². The molecule has 1 aromatic carbocycles. The van der Waals surface area contributed by atoms with E-state index in [2.05, 4.69) is 0 Å². The highest BCUT2D eigenvalue weighted by Crippen LogP contribution is 2.14. The molecule has 5 nitrogen and oxygen atoms in total. The maximum atomic E-state index is 12.3. The Morgan fingerprint density at radius 1 is 1.33 bits per heavy atom. The van der Waals surface area contributed by atoms with Gasteiger partial charge < -0.3 is 10.6 Å². The molecule has 1 aromatic rings. The summed E-state index contributed by atoms with van der Waals surface area (Å²) in [7, 11) is -4.11. The normalized spacial score (nSPS) is 17.7. The minimum Gasteiger partial charge on any atom is -0.389 e. The van der Waals surface area contributed by atoms with E-state index in [1.165, 1.54) is 6.07 Å². The van der Waals surface area contributed by atoms with Gasteiger partial charge in [-0.15, -0.1) is 0 Å². The fourth-order valence-electron chi connectivity index (χ4n) is 2.11. The summed E-state index contributed by atoms with van der Waals surface area (Å²) in [6, 6.07) is 6.41. The van der Waals surface area contributed by atoms with Gasteiger partial charge >= 0.3 is 0 Å². The highest BCUT2D eigenvalue weighted by Gasteiger charge is 2.20. The second-order valence-corrected chi connectivity index (χ2v) is 9.15. The first-order chi connectivity index (χ1) is 9.88. The van der Waals surface area contributed by atoms with Crippen molar-refractivity contribution in [3.8, 4) is 0 Å². The van der Waals surface area contributed by atoms with E-state index in [-0.39, 0.29) is 15.6 Å². The SMILES string of the molecule is NC(=S)c1cccc(S(=O)(=O)CCN2CCS(=O)CC2)c1. The standard InChI is InChI=1S/C13H18N2O3S3/c14-13(19)11-2-1-3-12(10-11)21(17,18)9-6-15-4-7-20(16)8-5-15/h1-3,10H,4-9H2,(H2,14,19). The van der Waals surface area contributed by atoms with Crippen LogP contribution in [0.1, 0.15) is 5.56 Å². The van der Waals surface area contributed by atoms with Crippen LogP contribution in [0.2, 0.25) is 0 Å². The summed E-state index contributed by atoms with van der Waals surface area (Å²) in [5.74, 6) is 1.29. The van der Waals surface area contributed by atoms with E-state index in [9.17, 15) is 12.6 Å². The molecule has 1 aliphatic rings. The summed E-state index contributed by atoms with van der Waals surface area (Å²) in [5.41, 5.74) is 6.08. The van der Waals surface area contributed by atoms with E-state index in [0.717, 1.165) is 0 Å². The van der Waals surface area contributed by atoms with Crippen LogP contribution in [-0.4, -0.2) is 59.4 Å². The fourth-order valence-corrected chi connectivity index (χ4v) is 4.69. The lowest BCUT2D eigenvalue weighted by atomic mass is 10.2. The van der Waals surface area contributed by atoms with E-state index < -0.39 is 20.6 Å². The minimum atomic E-state index is -3.36. The topological polar surface area (TPSA) is 80.5 Å². The Kier molecular flexibility index (Phi) is 5.48. The first-order valence-corrected chi connectivity index (χ1v) is 10.1. The van der Waals surface area contributed by atoms with Crippen molar-refractivity contribution in [3.63, 3.8) is 0 Å². The molecule has 1 heterocycles. The third-order valence-electron chi connectivity index (χ3n) is 3.42. The molecule has 0 aliphatic carbocycles. The van der Waals surface area contributed by atoms with Gasteiger partial charge in [-0.2, -0.15) is 0 Å². The number of nitrogens with two attached hydrogens (primary N) is 1. The lowest BCUT2D eigenvalue weighted by Gasteiger charge is -2.25. The number of hydrogen-bond acceptors (Lipinski definition) is 5. The van der Waals surface area contributed by atoms with Crippen LogP contribution in [0.25, 0.3) is 0 Å². The Balaban J connectivity index is 2.03. The summed E-state index contributed by atoms with van der Waals surface area (Å²) >= 11 is 4.87. The van der Waals surface area contributed by atoms with Crippen molar-refractivity contribution in [3.05, 3.63) is 29.8 Å². The van der Waals surface area contributed by atoms with Crippen molar-refractivity contribution < 1.29 is 12.6 Å². The summed E-state index contributed by atoms with van der Waals surface area (Å²) in [6.45, 7) is 1.83. The first kappa shape index (κ1) is 16.5.